The molecule has 11 heteroatoms. The second-order valence-corrected chi connectivity index (χ2v) is 9.57. The number of phenolic OH excluding ortho intramolecular Hbond substituents is 1. The molecule has 0 atom stereocenters. The van der Waals surface area contributed by atoms with Gasteiger partial charge in [0, 0.05) is 18.7 Å². The molecule has 214 valence electrons. The molecule has 0 saturated heterocycles. The molecule has 0 spiro atoms. The molecule has 0 aliphatic rings. The molecule has 0 aliphatic heterocycles. The first kappa shape index (κ1) is 30.8. The highest BCUT2D eigenvalue weighted by molar-refractivity contribution is 6.32. The van der Waals surface area contributed by atoms with Gasteiger partial charge in [0.25, 0.3) is 5.91 Å². The monoisotopic (exact) mass is 577 g/mol. The Hall–Kier alpha value is -3.76. The highest BCUT2D eigenvalue weighted by Gasteiger charge is 2.31. The minimum atomic E-state index is -4.71. The van der Waals surface area contributed by atoms with E-state index >= 15 is 0 Å². The lowest BCUT2D eigenvalue weighted by atomic mass is 10.1. The maximum atomic E-state index is 12.4. The van der Waals surface area contributed by atoms with E-state index in [4.69, 9.17) is 16.3 Å². The molecular weight excluding hydrogens is 547 g/mol. The number of hydrogen-bond acceptors (Lipinski definition) is 6. The number of halogens is 4. The highest BCUT2D eigenvalue weighted by Crippen LogP contribution is 2.26. The Balaban J connectivity index is 1.55. The topological polar surface area (TPSA) is 83.4 Å². The van der Waals surface area contributed by atoms with Crippen molar-refractivity contribution in [1.82, 2.24) is 10.3 Å². The van der Waals surface area contributed by atoms with E-state index in [1.165, 1.54) is 36.5 Å². The zero-order valence-electron chi connectivity index (χ0n) is 22.4. The maximum absolute atomic E-state index is 12.4. The zero-order chi connectivity index (χ0) is 29.3. The fraction of sp³-hybridized carbons (Fsp3) is 0.310. The van der Waals surface area contributed by atoms with Crippen molar-refractivity contribution in [2.75, 3.05) is 19.7 Å². The number of ether oxygens (including phenoxy) is 2. The molecule has 0 radical (unpaired) electrons. The summed E-state index contributed by atoms with van der Waals surface area (Å²) in [6.07, 6.45) is -2.27. The summed E-state index contributed by atoms with van der Waals surface area (Å²) in [5.74, 6) is -0.0642. The van der Waals surface area contributed by atoms with E-state index < -0.39 is 12.3 Å². The number of aryl methyl sites for hydroxylation is 2. The Kier molecular flexibility index (Phi) is 10.8. The van der Waals surface area contributed by atoms with Crippen LogP contribution >= 0.6 is 11.6 Å². The lowest BCUT2D eigenvalue weighted by Gasteiger charge is -2.23. The zero-order valence-corrected chi connectivity index (χ0v) is 23.1. The van der Waals surface area contributed by atoms with E-state index in [2.05, 4.69) is 27.1 Å². The molecule has 3 rings (SSSR count). The Morgan fingerprint density at radius 1 is 1.07 bits per heavy atom. The molecule has 3 aromatic rings. The summed E-state index contributed by atoms with van der Waals surface area (Å²) in [6, 6.07) is 13.8. The van der Waals surface area contributed by atoms with Crippen molar-refractivity contribution in [1.29, 1.82) is 0 Å². The Morgan fingerprint density at radius 3 is 2.35 bits per heavy atom. The van der Waals surface area contributed by atoms with Gasteiger partial charge in [-0.25, -0.2) is 5.43 Å². The van der Waals surface area contributed by atoms with Crippen molar-refractivity contribution in [3.05, 3.63) is 87.4 Å². The van der Waals surface area contributed by atoms with Crippen LogP contribution in [0.25, 0.3) is 0 Å². The first-order chi connectivity index (χ1) is 18.9. The van der Waals surface area contributed by atoms with E-state index in [0.29, 0.717) is 19.7 Å². The van der Waals surface area contributed by atoms with Crippen molar-refractivity contribution in [2.45, 2.75) is 40.1 Å². The van der Waals surface area contributed by atoms with Crippen molar-refractivity contribution >= 4 is 23.7 Å². The van der Waals surface area contributed by atoms with Crippen LogP contribution in [0.4, 0.5) is 13.2 Å². The highest BCUT2D eigenvalue weighted by atomic mass is 35.5. The van der Waals surface area contributed by atoms with Crippen LogP contribution in [0.1, 0.15) is 46.0 Å². The average molecular weight is 578 g/mol. The van der Waals surface area contributed by atoms with Gasteiger partial charge in [-0.1, -0.05) is 30.7 Å². The van der Waals surface area contributed by atoms with Gasteiger partial charge in [0.1, 0.15) is 23.9 Å². The molecule has 0 fully saturated rings. The van der Waals surface area contributed by atoms with Gasteiger partial charge in [0.2, 0.25) is 0 Å². The molecule has 7 nitrogen and oxygen atoms in total. The molecule has 0 aromatic heterocycles. The smallest absolute Gasteiger partial charge is 0.506 e. The van der Waals surface area contributed by atoms with E-state index in [9.17, 15) is 23.1 Å². The fourth-order valence-electron chi connectivity index (χ4n) is 4.08. The molecule has 0 aliphatic carbocycles. The average Bonchev–Trinajstić information content (AvgIpc) is 2.87. The minimum absolute atomic E-state index is 0.0740. The lowest BCUT2D eigenvalue weighted by molar-refractivity contribution is -0.274. The molecule has 0 unspecified atom stereocenters. The van der Waals surface area contributed by atoms with E-state index in [0.717, 1.165) is 41.0 Å². The summed E-state index contributed by atoms with van der Waals surface area (Å²) in [6.45, 7) is 8.33. The number of benzene rings is 3. The van der Waals surface area contributed by atoms with Crippen LogP contribution in [0, 0.1) is 13.8 Å². The second kappa shape index (κ2) is 14.0. The number of carbonyl (C=O) groups is 1. The molecule has 3 aromatic carbocycles. The number of amides is 1. The van der Waals surface area contributed by atoms with Crippen LogP contribution in [0.5, 0.6) is 17.2 Å². The molecular formula is C29H31ClF3N3O4. The van der Waals surface area contributed by atoms with Crippen LogP contribution in [0.2, 0.25) is 5.02 Å². The van der Waals surface area contributed by atoms with Gasteiger partial charge < -0.3 is 14.6 Å². The number of phenols is 1. The number of rotatable bonds is 12. The Morgan fingerprint density at radius 2 is 1.75 bits per heavy atom. The number of hydrazone groups is 1. The minimum Gasteiger partial charge on any atom is -0.506 e. The lowest BCUT2D eigenvalue weighted by Crippen LogP contribution is -2.29. The first-order valence-corrected chi connectivity index (χ1v) is 13.0. The van der Waals surface area contributed by atoms with Crippen LogP contribution in [0.3, 0.4) is 0 Å². The number of nitrogens with zero attached hydrogens (tertiary/aromatic N) is 2. The fourth-order valence-corrected chi connectivity index (χ4v) is 4.26. The predicted octanol–water partition coefficient (Wildman–Crippen LogP) is 6.62. The molecule has 40 heavy (non-hydrogen) atoms. The van der Waals surface area contributed by atoms with E-state index in [-0.39, 0.29) is 22.1 Å². The van der Waals surface area contributed by atoms with E-state index in [1.807, 2.05) is 26.0 Å². The van der Waals surface area contributed by atoms with E-state index in [1.54, 1.807) is 12.1 Å². The number of aromatic hydroxyl groups is 1. The van der Waals surface area contributed by atoms with Crippen LogP contribution < -0.4 is 14.9 Å². The molecule has 0 bridgehead atoms. The summed E-state index contributed by atoms with van der Waals surface area (Å²) in [7, 11) is 0. The first-order valence-electron chi connectivity index (χ1n) is 12.6. The van der Waals surface area contributed by atoms with Gasteiger partial charge in [-0.15, -0.1) is 13.2 Å². The van der Waals surface area contributed by atoms with Crippen LogP contribution in [-0.2, 0) is 6.54 Å². The predicted molar refractivity (Wildman–Crippen MR) is 148 cm³/mol. The number of nitrogens with one attached hydrogen (secondary N) is 1. The molecule has 2 N–H and O–H groups in total. The molecule has 0 heterocycles. The van der Waals surface area contributed by atoms with Crippen LogP contribution in [-0.4, -0.2) is 48.2 Å². The Labute approximate surface area is 236 Å². The summed E-state index contributed by atoms with van der Waals surface area (Å²) < 4.78 is 47.2. The van der Waals surface area contributed by atoms with Gasteiger partial charge in [0.05, 0.1) is 11.2 Å². The van der Waals surface area contributed by atoms with Gasteiger partial charge in [-0.05, 0) is 91.5 Å². The summed E-state index contributed by atoms with van der Waals surface area (Å²) in [5, 5.41) is 13.6. The third kappa shape index (κ3) is 9.46. The third-order valence-corrected chi connectivity index (χ3v) is 6.13. The molecule has 0 saturated carbocycles. The summed E-state index contributed by atoms with van der Waals surface area (Å²) in [5.41, 5.74) is 6.16. The van der Waals surface area contributed by atoms with Crippen molar-refractivity contribution < 1.29 is 32.5 Å². The molecule has 1 amide bonds. The standard InChI is InChI=1S/C29H31ClF3N3O4/c1-4-11-36(18-21-5-8-24(9-6-21)40-29(31,32)33)12-13-39-27-19(2)14-22(15-20(27)3)17-34-35-28(38)23-7-10-26(37)25(30)16-23/h5-10,14-17,37H,4,11-13,18H2,1-3H3,(H,35,38)/b34-17-. The normalized spacial score (nSPS) is 11.7. The number of carbonyl (C=O) groups excluding carboxylic acids is 1. The van der Waals surface area contributed by atoms with Gasteiger partial charge >= 0.3 is 6.36 Å². The number of hydrogen-bond donors (Lipinski definition) is 2. The van der Waals surface area contributed by atoms with Crippen molar-refractivity contribution in [3.8, 4) is 17.2 Å². The van der Waals surface area contributed by atoms with Gasteiger partial charge in [-0.3, -0.25) is 9.69 Å². The van der Waals surface area contributed by atoms with Crippen LogP contribution in [0.15, 0.2) is 59.7 Å². The quantitative estimate of drug-likeness (QED) is 0.187. The SMILES string of the molecule is CCCN(CCOc1c(C)cc(/C=N\NC(=O)c2ccc(O)c(Cl)c2)cc1C)Cc1ccc(OC(F)(F)F)cc1. The number of alkyl halides is 3. The Bertz CT molecular complexity index is 1310. The largest absolute Gasteiger partial charge is 0.573 e. The van der Waals surface area contributed by atoms with Gasteiger partial charge in [0.15, 0.2) is 0 Å². The maximum Gasteiger partial charge on any atom is 0.573 e. The summed E-state index contributed by atoms with van der Waals surface area (Å²) in [4.78, 5) is 14.4. The van der Waals surface area contributed by atoms with Gasteiger partial charge in [-0.2, -0.15) is 5.10 Å². The second-order valence-electron chi connectivity index (χ2n) is 9.17. The summed E-state index contributed by atoms with van der Waals surface area (Å²) >= 11 is 5.85. The van der Waals surface area contributed by atoms with Crippen molar-refractivity contribution in [3.63, 3.8) is 0 Å². The third-order valence-electron chi connectivity index (χ3n) is 5.83. The van der Waals surface area contributed by atoms with Crippen molar-refractivity contribution in [2.24, 2.45) is 5.10 Å².